The average molecular weight is 451 g/mol. The number of hydrogen-bond donors (Lipinski definition) is 0. The van der Waals surface area contributed by atoms with Gasteiger partial charge in [-0.15, -0.1) is 0 Å². The lowest BCUT2D eigenvalue weighted by atomic mass is 9.72. The number of allylic oxidation sites excluding steroid dienone is 2. The third-order valence-electron chi connectivity index (χ3n) is 6.40. The van der Waals surface area contributed by atoms with Gasteiger partial charge in [-0.2, -0.15) is 0 Å². The second-order valence-electron chi connectivity index (χ2n) is 9.69. The van der Waals surface area contributed by atoms with E-state index in [-0.39, 0.29) is 23.2 Å². The molecule has 0 N–H and O–H groups in total. The summed E-state index contributed by atoms with van der Waals surface area (Å²) in [5, 5.41) is 0.711. The second kappa shape index (κ2) is 8.67. The van der Waals surface area contributed by atoms with Crippen molar-refractivity contribution in [1.82, 2.24) is 0 Å². The molecule has 0 amide bonds. The molecule has 2 aromatic rings. The molecule has 2 aromatic carbocycles. The zero-order valence-electron chi connectivity index (χ0n) is 18.6. The lowest BCUT2D eigenvalue weighted by Gasteiger charge is -2.32. The molecule has 32 heavy (non-hydrogen) atoms. The Morgan fingerprint density at radius 2 is 1.38 bits per heavy atom. The van der Waals surface area contributed by atoms with Gasteiger partial charge in [0.1, 0.15) is 0 Å². The molecule has 2 aliphatic rings. The van der Waals surface area contributed by atoms with Gasteiger partial charge in [-0.1, -0.05) is 48.0 Å². The monoisotopic (exact) mass is 450 g/mol. The molecule has 4 rings (SSSR count). The summed E-state index contributed by atoms with van der Waals surface area (Å²) in [5.41, 5.74) is 1.50. The molecule has 1 fully saturated rings. The highest BCUT2D eigenvalue weighted by molar-refractivity contribution is 6.30. The molecule has 0 aromatic heterocycles. The van der Waals surface area contributed by atoms with Crippen LogP contribution in [0.2, 0.25) is 5.02 Å². The summed E-state index contributed by atoms with van der Waals surface area (Å²) in [6.45, 7) is 5.20. The van der Waals surface area contributed by atoms with E-state index < -0.39 is 11.4 Å². The van der Waals surface area contributed by atoms with Crippen LogP contribution in [0.15, 0.2) is 59.9 Å². The quantitative estimate of drug-likeness (QED) is 0.498. The highest BCUT2D eigenvalue weighted by Crippen LogP contribution is 2.43. The van der Waals surface area contributed by atoms with Gasteiger partial charge in [-0.25, -0.2) is 0 Å². The molecule has 0 bridgehead atoms. The van der Waals surface area contributed by atoms with Crippen molar-refractivity contribution < 1.29 is 19.1 Å². The fourth-order valence-corrected chi connectivity index (χ4v) is 4.67. The standard InChI is InChI=1S/C27H27ClO4/c1-27(2,3)26(31)32-25-22(23(29)20-6-4-5-7-21(20)24(25)30)18-10-8-16(9-11-18)17-12-14-19(28)15-13-17/h4-7,12-16,18H,8-11H2,1-3H3. The van der Waals surface area contributed by atoms with E-state index in [2.05, 4.69) is 12.1 Å². The maximum atomic E-state index is 13.5. The Bertz CT molecular complexity index is 1100. The van der Waals surface area contributed by atoms with Crippen LogP contribution in [0.1, 0.15) is 78.7 Å². The average Bonchev–Trinajstić information content (AvgIpc) is 2.77. The number of fused-ring (bicyclic) bond motifs is 1. The van der Waals surface area contributed by atoms with Crippen LogP contribution >= 0.6 is 11.6 Å². The molecule has 1 saturated carbocycles. The number of carbonyl (C=O) groups is 3. The second-order valence-corrected chi connectivity index (χ2v) is 10.1. The Hall–Kier alpha value is -2.72. The van der Waals surface area contributed by atoms with E-state index in [9.17, 15) is 14.4 Å². The first-order chi connectivity index (χ1) is 15.2. The van der Waals surface area contributed by atoms with Gasteiger partial charge in [0.15, 0.2) is 11.5 Å². The first-order valence-electron chi connectivity index (χ1n) is 11.1. The van der Waals surface area contributed by atoms with E-state index in [0.717, 1.165) is 25.7 Å². The maximum absolute atomic E-state index is 13.5. The number of ether oxygens (including phenoxy) is 1. The van der Waals surface area contributed by atoms with Crippen LogP contribution in [0.25, 0.3) is 0 Å². The van der Waals surface area contributed by atoms with E-state index >= 15 is 0 Å². The maximum Gasteiger partial charge on any atom is 0.316 e. The summed E-state index contributed by atoms with van der Waals surface area (Å²) in [4.78, 5) is 39.4. The summed E-state index contributed by atoms with van der Waals surface area (Å²) in [6.07, 6.45) is 3.28. The van der Waals surface area contributed by atoms with Crippen molar-refractivity contribution in [3.05, 3.63) is 81.6 Å². The predicted molar refractivity (Wildman–Crippen MR) is 124 cm³/mol. The van der Waals surface area contributed by atoms with Crippen LogP contribution in [-0.2, 0) is 9.53 Å². The van der Waals surface area contributed by atoms with Crippen LogP contribution in [0, 0.1) is 11.3 Å². The van der Waals surface area contributed by atoms with Crippen LogP contribution < -0.4 is 0 Å². The molecule has 4 nitrogen and oxygen atoms in total. The molecule has 0 unspecified atom stereocenters. The zero-order chi connectivity index (χ0) is 23.0. The van der Waals surface area contributed by atoms with Crippen molar-refractivity contribution in [2.45, 2.75) is 52.4 Å². The van der Waals surface area contributed by atoms with Gasteiger partial charge in [0.2, 0.25) is 5.78 Å². The minimum atomic E-state index is -0.787. The van der Waals surface area contributed by atoms with Gasteiger partial charge in [0, 0.05) is 16.1 Å². The number of hydrogen-bond acceptors (Lipinski definition) is 4. The van der Waals surface area contributed by atoms with E-state index in [4.69, 9.17) is 16.3 Å². The Kier molecular flexibility index (Phi) is 6.09. The van der Waals surface area contributed by atoms with E-state index in [1.54, 1.807) is 45.0 Å². The van der Waals surface area contributed by atoms with E-state index in [1.807, 2.05) is 12.1 Å². The Morgan fingerprint density at radius 1 is 0.844 bits per heavy atom. The van der Waals surface area contributed by atoms with Crippen molar-refractivity contribution in [1.29, 1.82) is 0 Å². The first-order valence-corrected chi connectivity index (χ1v) is 11.4. The van der Waals surface area contributed by atoms with Crippen molar-refractivity contribution in [2.75, 3.05) is 0 Å². The van der Waals surface area contributed by atoms with E-state index in [0.29, 0.717) is 27.6 Å². The van der Waals surface area contributed by atoms with Crippen LogP contribution in [0.5, 0.6) is 0 Å². The molecule has 5 heteroatoms. The van der Waals surface area contributed by atoms with Gasteiger partial charge in [0.05, 0.1) is 11.0 Å². The number of ketones is 2. The number of esters is 1. The summed E-state index contributed by atoms with van der Waals surface area (Å²) < 4.78 is 5.64. The molecule has 0 spiro atoms. The molecule has 2 aliphatic carbocycles. The minimum absolute atomic E-state index is 0.0800. The van der Waals surface area contributed by atoms with Crippen LogP contribution in [0.3, 0.4) is 0 Å². The normalized spacial score (nSPS) is 21.4. The molecular formula is C27H27ClO4. The fourth-order valence-electron chi connectivity index (χ4n) is 4.54. The molecule has 0 aliphatic heterocycles. The predicted octanol–water partition coefficient (Wildman–Crippen LogP) is 6.54. The number of benzene rings is 2. The minimum Gasteiger partial charge on any atom is -0.421 e. The van der Waals surface area contributed by atoms with Gasteiger partial charge >= 0.3 is 5.97 Å². The van der Waals surface area contributed by atoms with Crippen molar-refractivity contribution >= 4 is 29.1 Å². The Labute approximate surface area is 193 Å². The van der Waals surface area contributed by atoms with Gasteiger partial charge in [-0.3, -0.25) is 14.4 Å². The lowest BCUT2D eigenvalue weighted by Crippen LogP contribution is -2.32. The summed E-state index contributed by atoms with van der Waals surface area (Å²) in [6, 6.07) is 14.7. The topological polar surface area (TPSA) is 60.4 Å². The zero-order valence-corrected chi connectivity index (χ0v) is 19.4. The van der Waals surface area contributed by atoms with Crippen LogP contribution in [-0.4, -0.2) is 17.5 Å². The molecule has 0 atom stereocenters. The molecule has 166 valence electrons. The summed E-state index contributed by atoms with van der Waals surface area (Å²) >= 11 is 6.02. The molecular weight excluding hydrogens is 424 g/mol. The molecule has 0 saturated heterocycles. The fraction of sp³-hybridized carbons (Fsp3) is 0.370. The molecule has 0 heterocycles. The smallest absolute Gasteiger partial charge is 0.316 e. The SMILES string of the molecule is CC(C)(C)C(=O)OC1=C(C2CCC(c3ccc(Cl)cc3)CC2)C(=O)c2ccccc2C1=O. The summed E-state index contributed by atoms with van der Waals surface area (Å²) in [5.74, 6) is -0.916. The van der Waals surface area contributed by atoms with Gasteiger partial charge in [-0.05, 0) is 76.0 Å². The highest BCUT2D eigenvalue weighted by atomic mass is 35.5. The highest BCUT2D eigenvalue weighted by Gasteiger charge is 2.40. The van der Waals surface area contributed by atoms with Crippen LogP contribution in [0.4, 0.5) is 0 Å². The van der Waals surface area contributed by atoms with Crippen molar-refractivity contribution in [3.8, 4) is 0 Å². The number of rotatable bonds is 3. The van der Waals surface area contributed by atoms with Crippen molar-refractivity contribution in [3.63, 3.8) is 0 Å². The Balaban J connectivity index is 1.66. The van der Waals surface area contributed by atoms with E-state index in [1.165, 1.54) is 5.56 Å². The van der Waals surface area contributed by atoms with Crippen molar-refractivity contribution in [2.24, 2.45) is 11.3 Å². The first kappa shape index (κ1) is 22.5. The Morgan fingerprint density at radius 3 is 1.94 bits per heavy atom. The largest absolute Gasteiger partial charge is 0.421 e. The lowest BCUT2D eigenvalue weighted by molar-refractivity contribution is -0.148. The van der Waals surface area contributed by atoms with Gasteiger partial charge in [0.25, 0.3) is 0 Å². The number of carbonyl (C=O) groups excluding carboxylic acids is 3. The summed E-state index contributed by atoms with van der Waals surface area (Å²) in [7, 11) is 0. The third-order valence-corrected chi connectivity index (χ3v) is 6.65. The molecule has 0 radical (unpaired) electrons. The number of halogens is 1. The number of Topliss-reactive ketones (excluding diaryl/α,β-unsaturated/α-hetero) is 2. The third kappa shape index (κ3) is 4.29. The van der Waals surface area contributed by atoms with Gasteiger partial charge < -0.3 is 4.74 Å².